The number of piperazine rings is 1. The monoisotopic (exact) mass is 376 g/mol. The van der Waals surface area contributed by atoms with E-state index in [9.17, 15) is 9.00 Å². The van der Waals surface area contributed by atoms with E-state index in [1.807, 2.05) is 18.2 Å². The number of rotatable bonds is 3. The third-order valence-corrected chi connectivity index (χ3v) is 5.99. The summed E-state index contributed by atoms with van der Waals surface area (Å²) in [6.45, 7) is 2.90. The zero-order valence-electron chi connectivity index (χ0n) is 13.5. The Balaban J connectivity index is 1.62. The Bertz CT molecular complexity index is 979. The molecule has 2 heterocycles. The number of nitrogens with zero attached hydrogens (tertiary/aromatic N) is 1. The molecule has 4 rings (SSSR count). The minimum Gasteiger partial charge on any atom is -0.454 e. The highest BCUT2D eigenvalue weighted by molar-refractivity contribution is 7.85. The van der Waals surface area contributed by atoms with E-state index in [0.717, 1.165) is 23.9 Å². The van der Waals surface area contributed by atoms with Gasteiger partial charge in [0.1, 0.15) is 11.3 Å². The fourth-order valence-corrected chi connectivity index (χ4v) is 4.34. The fourth-order valence-electron chi connectivity index (χ4n) is 3.09. The summed E-state index contributed by atoms with van der Waals surface area (Å²) >= 11 is 6.18. The van der Waals surface area contributed by atoms with E-state index in [-0.39, 0.29) is 11.7 Å². The summed E-state index contributed by atoms with van der Waals surface area (Å²) in [6, 6.07) is 10.9. The molecule has 25 heavy (non-hydrogen) atoms. The number of benzene rings is 2. The zero-order valence-corrected chi connectivity index (χ0v) is 15.0. The maximum absolute atomic E-state index is 12.7. The van der Waals surface area contributed by atoms with Gasteiger partial charge in [0, 0.05) is 41.8 Å². The van der Waals surface area contributed by atoms with Crippen LogP contribution in [0.15, 0.2) is 45.7 Å². The second kappa shape index (κ2) is 6.78. The Labute approximate surface area is 152 Å². The van der Waals surface area contributed by atoms with E-state index in [1.165, 1.54) is 0 Å². The van der Waals surface area contributed by atoms with Crippen LogP contribution in [-0.4, -0.2) is 46.9 Å². The van der Waals surface area contributed by atoms with Gasteiger partial charge in [-0.25, -0.2) is 0 Å². The van der Waals surface area contributed by atoms with Crippen molar-refractivity contribution in [1.82, 2.24) is 10.2 Å². The number of amides is 1. The van der Waals surface area contributed by atoms with Crippen LogP contribution >= 0.6 is 11.6 Å². The van der Waals surface area contributed by atoms with Gasteiger partial charge in [0.2, 0.25) is 5.91 Å². The Kier molecular flexibility index (Phi) is 4.50. The van der Waals surface area contributed by atoms with Gasteiger partial charge in [0.25, 0.3) is 0 Å². The molecule has 1 atom stereocenters. The predicted octanol–water partition coefficient (Wildman–Crippen LogP) is 2.78. The molecule has 2 aromatic carbocycles. The van der Waals surface area contributed by atoms with Gasteiger partial charge in [0.15, 0.2) is 5.58 Å². The molecule has 1 aromatic heterocycles. The highest BCUT2D eigenvalue weighted by Gasteiger charge is 2.20. The average Bonchev–Trinajstić information content (AvgIpc) is 3.02. The molecule has 1 saturated heterocycles. The number of hydrogen-bond acceptors (Lipinski definition) is 4. The number of hydrogen-bond donors (Lipinski definition) is 1. The van der Waals surface area contributed by atoms with Crippen LogP contribution in [0.5, 0.6) is 0 Å². The quantitative estimate of drug-likeness (QED) is 0.763. The third-order valence-electron chi connectivity index (χ3n) is 4.41. The van der Waals surface area contributed by atoms with Gasteiger partial charge in [-0.3, -0.25) is 9.00 Å². The summed E-state index contributed by atoms with van der Waals surface area (Å²) in [5, 5.41) is 5.49. The van der Waals surface area contributed by atoms with E-state index in [2.05, 4.69) is 5.32 Å². The molecule has 1 N–H and O–H groups in total. The van der Waals surface area contributed by atoms with Crippen molar-refractivity contribution < 1.29 is 13.4 Å². The maximum atomic E-state index is 12.7. The van der Waals surface area contributed by atoms with Crippen molar-refractivity contribution in [3.8, 4) is 0 Å². The van der Waals surface area contributed by atoms with Crippen LogP contribution in [0.3, 0.4) is 0 Å². The van der Waals surface area contributed by atoms with Crippen molar-refractivity contribution in [3.63, 3.8) is 0 Å². The Morgan fingerprint density at radius 2 is 2.00 bits per heavy atom. The molecule has 3 aromatic rings. The van der Waals surface area contributed by atoms with Crippen molar-refractivity contribution in [3.05, 3.63) is 41.4 Å². The molecule has 5 nitrogen and oxygen atoms in total. The molecule has 1 amide bonds. The standard InChI is InChI=1S/C18H17ClN2O3S/c19-15-3-1-2-13-14-10-12(4-5-16(14)24-18(13)15)25(23)11-17(22)21-8-6-20-7-9-21/h1-5,10,20H,6-9,11H2. The van der Waals surface area contributed by atoms with Gasteiger partial charge in [-0.15, -0.1) is 0 Å². The lowest BCUT2D eigenvalue weighted by Gasteiger charge is -2.27. The molecule has 1 aliphatic heterocycles. The Morgan fingerprint density at radius 1 is 1.20 bits per heavy atom. The van der Waals surface area contributed by atoms with Gasteiger partial charge < -0.3 is 14.6 Å². The highest BCUT2D eigenvalue weighted by Crippen LogP contribution is 2.34. The molecule has 0 saturated carbocycles. The molecule has 7 heteroatoms. The van der Waals surface area contributed by atoms with Crippen molar-refractivity contribution in [2.75, 3.05) is 31.9 Å². The third kappa shape index (κ3) is 3.17. The Hall–Kier alpha value is -1.89. The zero-order chi connectivity index (χ0) is 17.4. The van der Waals surface area contributed by atoms with Crippen LogP contribution in [0.2, 0.25) is 5.02 Å². The lowest BCUT2D eigenvalue weighted by Crippen LogP contribution is -2.47. The number of para-hydroxylation sites is 1. The first kappa shape index (κ1) is 16.6. The molecule has 0 radical (unpaired) electrons. The normalized spacial score (nSPS) is 16.4. The van der Waals surface area contributed by atoms with Gasteiger partial charge in [0.05, 0.1) is 15.8 Å². The summed E-state index contributed by atoms with van der Waals surface area (Å²) in [6.07, 6.45) is 0. The van der Waals surface area contributed by atoms with Crippen molar-refractivity contribution in [1.29, 1.82) is 0 Å². The van der Waals surface area contributed by atoms with Crippen molar-refractivity contribution in [2.45, 2.75) is 4.90 Å². The number of carbonyl (C=O) groups excluding carboxylic acids is 1. The van der Waals surface area contributed by atoms with E-state index in [0.29, 0.717) is 34.2 Å². The number of carbonyl (C=O) groups is 1. The van der Waals surface area contributed by atoms with Crippen molar-refractivity contribution >= 4 is 50.2 Å². The molecule has 130 valence electrons. The molecule has 0 spiro atoms. The summed E-state index contributed by atoms with van der Waals surface area (Å²) < 4.78 is 18.4. The highest BCUT2D eigenvalue weighted by atomic mass is 35.5. The van der Waals surface area contributed by atoms with E-state index < -0.39 is 10.8 Å². The first-order valence-corrected chi connectivity index (χ1v) is 9.81. The minimum absolute atomic E-state index is 0.00203. The topological polar surface area (TPSA) is 62.6 Å². The number of halogens is 1. The first-order valence-electron chi connectivity index (χ1n) is 8.11. The summed E-state index contributed by atoms with van der Waals surface area (Å²) in [5.41, 5.74) is 1.32. The van der Waals surface area contributed by atoms with Crippen LogP contribution in [-0.2, 0) is 15.6 Å². The lowest BCUT2D eigenvalue weighted by atomic mass is 10.1. The molecule has 1 fully saturated rings. The minimum atomic E-state index is -1.39. The van der Waals surface area contributed by atoms with Crippen LogP contribution < -0.4 is 5.32 Å². The molecular formula is C18H17ClN2O3S. The summed E-state index contributed by atoms with van der Waals surface area (Å²) in [7, 11) is -1.39. The van der Waals surface area contributed by atoms with Gasteiger partial charge >= 0.3 is 0 Å². The molecule has 1 aliphatic rings. The predicted molar refractivity (Wildman–Crippen MR) is 99.5 cm³/mol. The van der Waals surface area contributed by atoms with E-state index in [1.54, 1.807) is 23.1 Å². The lowest BCUT2D eigenvalue weighted by molar-refractivity contribution is -0.128. The largest absolute Gasteiger partial charge is 0.454 e. The Morgan fingerprint density at radius 3 is 2.80 bits per heavy atom. The molecular weight excluding hydrogens is 360 g/mol. The maximum Gasteiger partial charge on any atom is 0.235 e. The van der Waals surface area contributed by atoms with Crippen LogP contribution in [0.4, 0.5) is 0 Å². The van der Waals surface area contributed by atoms with E-state index in [4.69, 9.17) is 16.0 Å². The molecule has 0 aliphatic carbocycles. The van der Waals surface area contributed by atoms with Gasteiger partial charge in [-0.2, -0.15) is 0 Å². The van der Waals surface area contributed by atoms with Crippen LogP contribution in [0.25, 0.3) is 21.9 Å². The second-order valence-corrected chi connectivity index (χ2v) is 7.86. The number of fused-ring (bicyclic) bond motifs is 3. The van der Waals surface area contributed by atoms with Gasteiger partial charge in [-0.1, -0.05) is 23.7 Å². The average molecular weight is 377 g/mol. The number of nitrogens with one attached hydrogen (secondary N) is 1. The van der Waals surface area contributed by atoms with Crippen molar-refractivity contribution in [2.24, 2.45) is 0 Å². The smallest absolute Gasteiger partial charge is 0.235 e. The summed E-state index contributed by atoms with van der Waals surface area (Å²) in [4.78, 5) is 14.7. The second-order valence-electron chi connectivity index (χ2n) is 6.00. The van der Waals surface area contributed by atoms with Crippen LogP contribution in [0.1, 0.15) is 0 Å². The van der Waals surface area contributed by atoms with E-state index >= 15 is 0 Å². The fraction of sp³-hybridized carbons (Fsp3) is 0.278. The summed E-state index contributed by atoms with van der Waals surface area (Å²) in [5.74, 6) is -0.0674. The van der Waals surface area contributed by atoms with Crippen LogP contribution in [0, 0.1) is 0 Å². The number of furan rings is 1. The van der Waals surface area contributed by atoms with Gasteiger partial charge in [-0.05, 0) is 24.3 Å². The molecule has 0 bridgehead atoms. The first-order chi connectivity index (χ1) is 12.1. The molecule has 1 unspecified atom stereocenters. The SMILES string of the molecule is O=C(CS(=O)c1ccc2oc3c(Cl)cccc3c2c1)N1CCNCC1.